The van der Waals surface area contributed by atoms with Crippen molar-refractivity contribution in [2.75, 3.05) is 13.2 Å². The van der Waals surface area contributed by atoms with E-state index in [1.165, 1.54) is 11.6 Å². The van der Waals surface area contributed by atoms with Crippen molar-refractivity contribution in [3.63, 3.8) is 0 Å². The molecule has 3 atom stereocenters. The third-order valence-corrected chi connectivity index (χ3v) is 5.41. The zero-order valence-corrected chi connectivity index (χ0v) is 14.3. The molecule has 1 aromatic carbocycles. The molecular weight excluding hydrogens is 316 g/mol. The van der Waals surface area contributed by atoms with Gasteiger partial charge in [-0.2, -0.15) is 0 Å². The van der Waals surface area contributed by atoms with Crippen LogP contribution in [0, 0.1) is 11.8 Å². The van der Waals surface area contributed by atoms with E-state index in [-0.39, 0.29) is 42.8 Å². The summed E-state index contributed by atoms with van der Waals surface area (Å²) in [7, 11) is 0. The van der Waals surface area contributed by atoms with Crippen LogP contribution in [0.1, 0.15) is 37.2 Å². The van der Waals surface area contributed by atoms with E-state index < -0.39 is 5.97 Å². The van der Waals surface area contributed by atoms with Gasteiger partial charge in [-0.1, -0.05) is 43.0 Å². The summed E-state index contributed by atoms with van der Waals surface area (Å²) >= 11 is 0. The molecule has 0 saturated heterocycles. The van der Waals surface area contributed by atoms with Crippen LogP contribution >= 0.6 is 0 Å². The van der Waals surface area contributed by atoms with Gasteiger partial charge in [0.1, 0.15) is 12.2 Å². The van der Waals surface area contributed by atoms with Crippen molar-refractivity contribution in [2.45, 2.75) is 31.6 Å². The minimum absolute atomic E-state index is 0.0313. The third kappa shape index (κ3) is 3.59. The highest BCUT2D eigenvalue weighted by Gasteiger charge is 2.42. The van der Waals surface area contributed by atoms with Crippen molar-refractivity contribution in [1.29, 1.82) is 0 Å². The van der Waals surface area contributed by atoms with Gasteiger partial charge in [-0.05, 0) is 48.2 Å². The molecule has 4 nitrogen and oxygen atoms in total. The van der Waals surface area contributed by atoms with Crippen LogP contribution in [0.15, 0.2) is 54.1 Å². The molecule has 0 aliphatic heterocycles. The molecule has 25 heavy (non-hydrogen) atoms. The summed E-state index contributed by atoms with van der Waals surface area (Å²) in [5.41, 5.74) is 2.39. The van der Waals surface area contributed by atoms with Crippen molar-refractivity contribution in [2.24, 2.45) is 11.8 Å². The molecule has 1 fully saturated rings. The quantitative estimate of drug-likeness (QED) is 0.508. The molecule has 132 valence electrons. The average molecular weight is 340 g/mol. The average Bonchev–Trinajstić information content (AvgIpc) is 2.65. The molecule has 0 bridgehead atoms. The number of aliphatic hydroxyl groups is 1. The van der Waals surface area contributed by atoms with E-state index in [1.807, 2.05) is 18.2 Å². The fourth-order valence-corrected chi connectivity index (χ4v) is 4.20. The predicted octanol–water partition coefficient (Wildman–Crippen LogP) is 3.18. The van der Waals surface area contributed by atoms with Gasteiger partial charge < -0.3 is 9.84 Å². The Kier molecular flexibility index (Phi) is 5.49. The number of benzene rings is 1. The Labute approximate surface area is 148 Å². The summed E-state index contributed by atoms with van der Waals surface area (Å²) in [6, 6.07) is 10.3. The van der Waals surface area contributed by atoms with Crippen LogP contribution in [0.25, 0.3) is 0 Å². The molecule has 0 aromatic heterocycles. The molecule has 4 heteroatoms. The van der Waals surface area contributed by atoms with Crippen LogP contribution in [0.2, 0.25) is 0 Å². The van der Waals surface area contributed by atoms with Crippen LogP contribution in [-0.2, 0) is 14.3 Å². The molecule has 0 amide bonds. The Morgan fingerprint density at radius 1 is 1.32 bits per heavy atom. The number of aliphatic hydroxyl groups excluding tert-OH is 1. The Hall–Kier alpha value is -2.20. The lowest BCUT2D eigenvalue weighted by atomic mass is 9.64. The van der Waals surface area contributed by atoms with Gasteiger partial charge in [-0.25, -0.2) is 4.79 Å². The topological polar surface area (TPSA) is 63.6 Å². The van der Waals surface area contributed by atoms with Crippen molar-refractivity contribution in [3.8, 4) is 0 Å². The highest BCUT2D eigenvalue weighted by atomic mass is 16.5. The second-order valence-electron chi connectivity index (χ2n) is 6.85. The number of rotatable bonds is 5. The van der Waals surface area contributed by atoms with E-state index in [2.05, 4.69) is 18.7 Å². The number of allylic oxidation sites excluding steroid dienone is 1. The molecule has 2 aliphatic carbocycles. The molecular formula is C21H24O4. The van der Waals surface area contributed by atoms with Crippen LogP contribution in [0.4, 0.5) is 0 Å². The lowest BCUT2D eigenvalue weighted by Crippen LogP contribution is -2.36. The van der Waals surface area contributed by atoms with Crippen molar-refractivity contribution in [1.82, 2.24) is 0 Å². The van der Waals surface area contributed by atoms with E-state index in [9.17, 15) is 14.7 Å². The molecule has 1 N–H and O–H groups in total. The maximum atomic E-state index is 12.5. The standard InChI is InChI=1S/C21H24O4/c1-2-10-25-21(24)20-17-9-8-15(14-6-4-3-5-7-14)11-18(17)16(13-22)12-19(20)23/h2-7,15-16,18,22H,1,8-13H2/t15?,16-,18-/m1/s1. The molecule has 0 heterocycles. The number of carbonyl (C=O) groups excluding carboxylic acids is 2. The number of ether oxygens (including phenoxy) is 1. The Balaban J connectivity index is 1.90. The first-order valence-corrected chi connectivity index (χ1v) is 8.85. The monoisotopic (exact) mass is 340 g/mol. The van der Waals surface area contributed by atoms with Crippen LogP contribution < -0.4 is 0 Å². The molecule has 1 saturated carbocycles. The van der Waals surface area contributed by atoms with Crippen molar-refractivity contribution in [3.05, 3.63) is 59.7 Å². The lowest BCUT2D eigenvalue weighted by molar-refractivity contribution is -0.140. The summed E-state index contributed by atoms with van der Waals surface area (Å²) in [5.74, 6) is -0.391. The van der Waals surface area contributed by atoms with Gasteiger partial charge in [0.15, 0.2) is 5.78 Å². The zero-order chi connectivity index (χ0) is 17.8. The van der Waals surface area contributed by atoms with E-state index in [4.69, 9.17) is 4.74 Å². The normalized spacial score (nSPS) is 26.1. The maximum absolute atomic E-state index is 12.5. The van der Waals surface area contributed by atoms with Crippen LogP contribution in [0.5, 0.6) is 0 Å². The second-order valence-corrected chi connectivity index (χ2v) is 6.85. The van der Waals surface area contributed by atoms with E-state index in [0.29, 0.717) is 12.3 Å². The van der Waals surface area contributed by atoms with E-state index in [1.54, 1.807) is 0 Å². The summed E-state index contributed by atoms with van der Waals surface area (Å²) < 4.78 is 5.13. The van der Waals surface area contributed by atoms with Gasteiger partial charge >= 0.3 is 5.97 Å². The van der Waals surface area contributed by atoms with Gasteiger partial charge in [0.2, 0.25) is 0 Å². The molecule has 0 spiro atoms. The summed E-state index contributed by atoms with van der Waals surface area (Å²) in [4.78, 5) is 24.8. The summed E-state index contributed by atoms with van der Waals surface area (Å²) in [6.45, 7) is 3.61. The number of esters is 1. The van der Waals surface area contributed by atoms with Gasteiger partial charge in [-0.15, -0.1) is 0 Å². The first kappa shape index (κ1) is 17.6. The van der Waals surface area contributed by atoms with Crippen LogP contribution in [-0.4, -0.2) is 30.1 Å². The molecule has 3 rings (SSSR count). The first-order chi connectivity index (χ1) is 12.2. The van der Waals surface area contributed by atoms with E-state index >= 15 is 0 Å². The van der Waals surface area contributed by atoms with Gasteiger partial charge in [0.25, 0.3) is 0 Å². The number of hydrogen-bond donors (Lipinski definition) is 1. The van der Waals surface area contributed by atoms with Crippen molar-refractivity contribution < 1.29 is 19.4 Å². The summed E-state index contributed by atoms with van der Waals surface area (Å²) in [6.07, 6.45) is 4.17. The SMILES string of the molecule is C=CCOC(=O)C1=C2CCC(c3ccccc3)C[C@@H]2[C@@H](CO)CC1=O. The van der Waals surface area contributed by atoms with Crippen molar-refractivity contribution >= 4 is 11.8 Å². The third-order valence-electron chi connectivity index (χ3n) is 5.41. The number of carbonyl (C=O) groups is 2. The smallest absolute Gasteiger partial charge is 0.342 e. The number of hydrogen-bond acceptors (Lipinski definition) is 4. The van der Waals surface area contributed by atoms with Crippen LogP contribution in [0.3, 0.4) is 0 Å². The number of fused-ring (bicyclic) bond motifs is 1. The Bertz CT molecular complexity index is 689. The number of ketones is 1. The van der Waals surface area contributed by atoms with Gasteiger partial charge in [0, 0.05) is 13.0 Å². The highest BCUT2D eigenvalue weighted by Crippen LogP contribution is 2.47. The Morgan fingerprint density at radius 3 is 2.76 bits per heavy atom. The predicted molar refractivity (Wildman–Crippen MR) is 94.9 cm³/mol. The first-order valence-electron chi connectivity index (χ1n) is 8.85. The fraction of sp³-hybridized carbons (Fsp3) is 0.429. The zero-order valence-electron chi connectivity index (χ0n) is 14.3. The largest absolute Gasteiger partial charge is 0.458 e. The fourth-order valence-electron chi connectivity index (χ4n) is 4.20. The maximum Gasteiger partial charge on any atom is 0.342 e. The van der Waals surface area contributed by atoms with Gasteiger partial charge in [0.05, 0.1) is 0 Å². The minimum Gasteiger partial charge on any atom is -0.458 e. The lowest BCUT2D eigenvalue weighted by Gasteiger charge is -2.40. The molecule has 1 unspecified atom stereocenters. The summed E-state index contributed by atoms with van der Waals surface area (Å²) in [5, 5.41) is 9.77. The highest BCUT2D eigenvalue weighted by molar-refractivity contribution is 6.18. The molecule has 2 aliphatic rings. The van der Waals surface area contributed by atoms with E-state index in [0.717, 1.165) is 18.4 Å². The second kappa shape index (κ2) is 7.79. The number of Topliss-reactive ketones (excluding diaryl/α,β-unsaturated/α-hetero) is 1. The Morgan fingerprint density at radius 2 is 2.08 bits per heavy atom. The van der Waals surface area contributed by atoms with Gasteiger partial charge in [-0.3, -0.25) is 4.79 Å². The molecule has 1 aromatic rings. The molecule has 0 radical (unpaired) electrons. The minimum atomic E-state index is -0.542.